The number of carbonyl (C=O) groups excluding carboxylic acids is 1. The molecule has 0 heterocycles. The molecular formula is C12H14O4. The van der Waals surface area contributed by atoms with Crippen molar-refractivity contribution in [1.29, 1.82) is 0 Å². The molecule has 0 aliphatic rings. The molecule has 16 heavy (non-hydrogen) atoms. The summed E-state index contributed by atoms with van der Waals surface area (Å²) in [6, 6.07) is 3.36. The number of benzene rings is 1. The molecule has 0 atom stereocenters. The van der Waals surface area contributed by atoms with Crippen LogP contribution in [-0.2, 0) is 4.79 Å². The van der Waals surface area contributed by atoms with Gasteiger partial charge in [0.25, 0.3) is 6.47 Å². The molecule has 0 aliphatic heterocycles. The first kappa shape index (κ1) is 12.1. The van der Waals surface area contributed by atoms with Crippen molar-refractivity contribution in [2.45, 2.75) is 6.92 Å². The van der Waals surface area contributed by atoms with Gasteiger partial charge in [-0.15, -0.1) is 0 Å². The Hall–Kier alpha value is -1.97. The minimum absolute atomic E-state index is 0.383. The van der Waals surface area contributed by atoms with Crippen molar-refractivity contribution in [3.05, 3.63) is 23.8 Å². The lowest BCUT2D eigenvalue weighted by Gasteiger charge is -2.11. The Bertz CT molecular complexity index is 396. The second kappa shape index (κ2) is 5.80. The van der Waals surface area contributed by atoms with E-state index in [1.807, 2.05) is 19.1 Å². The van der Waals surface area contributed by atoms with Gasteiger partial charge in [-0.1, -0.05) is 12.2 Å². The number of allylic oxidation sites excluding steroid dienone is 1. The third-order valence-electron chi connectivity index (χ3n) is 2.04. The standard InChI is InChI=1S/C12H14O4/c1-4-5-9-6-11(14-2)12(15-3)7-10(9)16-8-13/h4-8H,1-3H3/b5-4+. The summed E-state index contributed by atoms with van der Waals surface area (Å²) < 4.78 is 15.1. The molecule has 1 aromatic carbocycles. The molecule has 0 bridgehead atoms. The Balaban J connectivity index is 3.28. The van der Waals surface area contributed by atoms with Gasteiger partial charge in [0.05, 0.1) is 14.2 Å². The second-order valence-electron chi connectivity index (χ2n) is 2.96. The normalized spacial score (nSPS) is 10.2. The zero-order valence-corrected chi connectivity index (χ0v) is 9.52. The minimum atomic E-state index is 0.383. The van der Waals surface area contributed by atoms with Gasteiger partial charge in [-0.3, -0.25) is 4.79 Å². The van der Waals surface area contributed by atoms with Crippen LogP contribution < -0.4 is 14.2 Å². The highest BCUT2D eigenvalue weighted by atomic mass is 16.5. The fourth-order valence-electron chi connectivity index (χ4n) is 1.34. The maximum Gasteiger partial charge on any atom is 0.298 e. The fraction of sp³-hybridized carbons (Fsp3) is 0.250. The van der Waals surface area contributed by atoms with Crippen molar-refractivity contribution in [3.63, 3.8) is 0 Å². The van der Waals surface area contributed by atoms with Gasteiger partial charge in [-0.2, -0.15) is 0 Å². The number of hydrogen-bond donors (Lipinski definition) is 0. The van der Waals surface area contributed by atoms with Gasteiger partial charge < -0.3 is 14.2 Å². The Kier molecular flexibility index (Phi) is 4.39. The maximum atomic E-state index is 10.4. The van der Waals surface area contributed by atoms with Gasteiger partial charge in [0, 0.05) is 11.6 Å². The quantitative estimate of drug-likeness (QED) is 0.717. The van der Waals surface area contributed by atoms with Gasteiger partial charge in [0.15, 0.2) is 11.5 Å². The molecule has 1 rings (SSSR count). The number of ether oxygens (including phenoxy) is 3. The molecule has 0 radical (unpaired) electrons. The average Bonchev–Trinajstić information content (AvgIpc) is 2.31. The van der Waals surface area contributed by atoms with Crippen LogP contribution in [0.15, 0.2) is 18.2 Å². The van der Waals surface area contributed by atoms with E-state index in [1.54, 1.807) is 19.2 Å². The van der Waals surface area contributed by atoms with Crippen molar-refractivity contribution in [1.82, 2.24) is 0 Å². The number of hydrogen-bond acceptors (Lipinski definition) is 4. The highest BCUT2D eigenvalue weighted by molar-refractivity contribution is 5.65. The van der Waals surface area contributed by atoms with Crippen molar-refractivity contribution in [2.24, 2.45) is 0 Å². The third-order valence-corrected chi connectivity index (χ3v) is 2.04. The van der Waals surface area contributed by atoms with Crippen LogP contribution in [-0.4, -0.2) is 20.7 Å². The summed E-state index contributed by atoms with van der Waals surface area (Å²) in [5, 5.41) is 0. The topological polar surface area (TPSA) is 44.8 Å². The van der Waals surface area contributed by atoms with E-state index in [2.05, 4.69) is 0 Å². The van der Waals surface area contributed by atoms with E-state index in [-0.39, 0.29) is 0 Å². The van der Waals surface area contributed by atoms with Crippen LogP contribution in [0.1, 0.15) is 12.5 Å². The predicted molar refractivity (Wildman–Crippen MR) is 60.9 cm³/mol. The van der Waals surface area contributed by atoms with E-state index in [0.717, 1.165) is 5.56 Å². The predicted octanol–water partition coefficient (Wildman–Crippen LogP) is 2.27. The van der Waals surface area contributed by atoms with Crippen LogP contribution in [0.4, 0.5) is 0 Å². The van der Waals surface area contributed by atoms with Gasteiger partial charge in [0.1, 0.15) is 5.75 Å². The molecule has 1 aromatic rings. The van der Waals surface area contributed by atoms with Crippen LogP contribution in [0.5, 0.6) is 17.2 Å². The Labute approximate surface area is 94.4 Å². The third kappa shape index (κ3) is 2.53. The van der Waals surface area contributed by atoms with Crippen LogP contribution in [0.2, 0.25) is 0 Å². The lowest BCUT2D eigenvalue weighted by Crippen LogP contribution is -1.96. The van der Waals surface area contributed by atoms with Gasteiger partial charge >= 0.3 is 0 Å². The van der Waals surface area contributed by atoms with E-state index >= 15 is 0 Å². The number of rotatable bonds is 5. The van der Waals surface area contributed by atoms with E-state index < -0.39 is 0 Å². The van der Waals surface area contributed by atoms with Crippen molar-refractivity contribution in [2.75, 3.05) is 14.2 Å². The molecule has 0 aliphatic carbocycles. The molecule has 0 saturated heterocycles. The monoisotopic (exact) mass is 222 g/mol. The average molecular weight is 222 g/mol. The first-order valence-electron chi connectivity index (χ1n) is 4.75. The first-order chi connectivity index (χ1) is 7.76. The van der Waals surface area contributed by atoms with E-state index in [4.69, 9.17) is 14.2 Å². The lowest BCUT2D eigenvalue weighted by molar-refractivity contribution is -0.120. The van der Waals surface area contributed by atoms with Crippen LogP contribution in [0.25, 0.3) is 6.08 Å². The highest BCUT2D eigenvalue weighted by Crippen LogP contribution is 2.35. The molecule has 0 saturated carbocycles. The van der Waals surface area contributed by atoms with Crippen LogP contribution in [0, 0.1) is 0 Å². The summed E-state index contributed by atoms with van der Waals surface area (Å²) in [7, 11) is 3.08. The first-order valence-corrected chi connectivity index (χ1v) is 4.75. The second-order valence-corrected chi connectivity index (χ2v) is 2.96. The smallest absolute Gasteiger partial charge is 0.298 e. The molecule has 4 heteroatoms. The highest BCUT2D eigenvalue weighted by Gasteiger charge is 2.10. The molecular weight excluding hydrogens is 208 g/mol. The molecule has 0 N–H and O–H groups in total. The van der Waals surface area contributed by atoms with Crippen molar-refractivity contribution >= 4 is 12.5 Å². The summed E-state index contributed by atoms with van der Waals surface area (Å²) in [4.78, 5) is 10.4. The van der Waals surface area contributed by atoms with E-state index in [9.17, 15) is 4.79 Å². The Morgan fingerprint density at radius 3 is 2.19 bits per heavy atom. The summed E-state index contributed by atoms with van der Waals surface area (Å²) in [6.45, 7) is 2.26. The Morgan fingerprint density at radius 1 is 1.06 bits per heavy atom. The summed E-state index contributed by atoms with van der Waals surface area (Å²) in [6.07, 6.45) is 3.67. The molecule has 4 nitrogen and oxygen atoms in total. The lowest BCUT2D eigenvalue weighted by atomic mass is 10.1. The SMILES string of the molecule is C/C=C/c1cc(OC)c(OC)cc1OC=O. The zero-order chi connectivity index (χ0) is 12.0. The van der Waals surface area contributed by atoms with Crippen molar-refractivity contribution < 1.29 is 19.0 Å². The zero-order valence-electron chi connectivity index (χ0n) is 9.52. The minimum Gasteiger partial charge on any atom is -0.493 e. The van der Waals surface area contributed by atoms with Gasteiger partial charge in [-0.25, -0.2) is 0 Å². The van der Waals surface area contributed by atoms with E-state index in [0.29, 0.717) is 23.7 Å². The Morgan fingerprint density at radius 2 is 1.69 bits per heavy atom. The van der Waals surface area contributed by atoms with Gasteiger partial charge in [-0.05, 0) is 13.0 Å². The van der Waals surface area contributed by atoms with Crippen LogP contribution >= 0.6 is 0 Å². The van der Waals surface area contributed by atoms with E-state index in [1.165, 1.54) is 7.11 Å². The largest absolute Gasteiger partial charge is 0.493 e. The fourth-order valence-corrected chi connectivity index (χ4v) is 1.34. The number of methoxy groups -OCH3 is 2. The van der Waals surface area contributed by atoms with Crippen molar-refractivity contribution in [3.8, 4) is 17.2 Å². The molecule has 86 valence electrons. The maximum absolute atomic E-state index is 10.4. The van der Waals surface area contributed by atoms with Gasteiger partial charge in [0.2, 0.25) is 0 Å². The number of carbonyl (C=O) groups is 1. The molecule has 0 aromatic heterocycles. The molecule has 0 unspecified atom stereocenters. The van der Waals surface area contributed by atoms with Crippen LogP contribution in [0.3, 0.4) is 0 Å². The summed E-state index contributed by atoms with van der Waals surface area (Å²) >= 11 is 0. The molecule has 0 amide bonds. The molecule has 0 fully saturated rings. The summed E-state index contributed by atoms with van der Waals surface area (Å²) in [5.74, 6) is 1.55. The summed E-state index contributed by atoms with van der Waals surface area (Å²) in [5.41, 5.74) is 0.757. The molecule has 0 spiro atoms.